The van der Waals surface area contributed by atoms with Gasteiger partial charge < -0.3 is 14.8 Å². The largest absolute Gasteiger partial charge is 0.486 e. The molecule has 3 aliphatic rings. The standard InChI is InChI=1S/C18H25ClN2O2/c19-15-10-13(11-17-18(15)23-9-8-22-17)12-21-6-3-14(4-7-21)16-2-1-5-20-16/h10-11,14,16,20H,1-9,12H2. The number of benzene rings is 1. The number of ether oxygens (including phenoxy) is 2. The Bertz CT molecular complexity index is 552. The lowest BCUT2D eigenvalue weighted by molar-refractivity contribution is 0.155. The molecular formula is C18H25ClN2O2. The van der Waals surface area contributed by atoms with Crippen LogP contribution < -0.4 is 14.8 Å². The van der Waals surface area contributed by atoms with Gasteiger partial charge in [-0.1, -0.05) is 11.6 Å². The van der Waals surface area contributed by atoms with Crippen molar-refractivity contribution in [1.82, 2.24) is 10.2 Å². The Morgan fingerprint density at radius 1 is 1.13 bits per heavy atom. The molecule has 2 fully saturated rings. The number of halogens is 1. The van der Waals surface area contributed by atoms with Gasteiger partial charge in [0.15, 0.2) is 11.5 Å². The van der Waals surface area contributed by atoms with Gasteiger partial charge in [0.05, 0.1) is 5.02 Å². The van der Waals surface area contributed by atoms with E-state index in [1.165, 1.54) is 50.9 Å². The zero-order chi connectivity index (χ0) is 15.6. The van der Waals surface area contributed by atoms with Crippen LogP contribution in [0.5, 0.6) is 11.5 Å². The molecule has 0 aromatic heterocycles. The molecule has 1 N–H and O–H groups in total. The molecule has 0 radical (unpaired) electrons. The van der Waals surface area contributed by atoms with Gasteiger partial charge in [0, 0.05) is 12.6 Å². The van der Waals surface area contributed by atoms with Crippen molar-refractivity contribution in [2.24, 2.45) is 5.92 Å². The number of nitrogens with zero attached hydrogens (tertiary/aromatic N) is 1. The summed E-state index contributed by atoms with van der Waals surface area (Å²) >= 11 is 6.34. The fraction of sp³-hybridized carbons (Fsp3) is 0.667. The number of likely N-dealkylation sites (tertiary alicyclic amines) is 1. The van der Waals surface area contributed by atoms with Crippen molar-refractivity contribution in [2.45, 2.75) is 38.3 Å². The molecule has 1 unspecified atom stereocenters. The Morgan fingerprint density at radius 2 is 1.96 bits per heavy atom. The van der Waals surface area contributed by atoms with E-state index in [2.05, 4.69) is 16.3 Å². The van der Waals surface area contributed by atoms with E-state index in [9.17, 15) is 0 Å². The van der Waals surface area contributed by atoms with Crippen molar-refractivity contribution in [1.29, 1.82) is 0 Å². The minimum atomic E-state index is 0.578. The summed E-state index contributed by atoms with van der Waals surface area (Å²) in [7, 11) is 0. The van der Waals surface area contributed by atoms with Crippen LogP contribution in [0.15, 0.2) is 12.1 Å². The molecule has 23 heavy (non-hydrogen) atoms. The topological polar surface area (TPSA) is 33.7 Å². The molecule has 0 aliphatic carbocycles. The van der Waals surface area contributed by atoms with Gasteiger partial charge in [-0.3, -0.25) is 4.90 Å². The first-order chi connectivity index (χ1) is 11.3. The van der Waals surface area contributed by atoms with Crippen LogP contribution in [0.4, 0.5) is 0 Å². The molecule has 3 heterocycles. The van der Waals surface area contributed by atoms with Gasteiger partial charge in [0.25, 0.3) is 0 Å². The van der Waals surface area contributed by atoms with E-state index in [1.54, 1.807) is 0 Å². The lowest BCUT2D eigenvalue weighted by Gasteiger charge is -2.35. The third-order valence-electron chi connectivity index (χ3n) is 5.36. The molecule has 0 bridgehead atoms. The Hall–Kier alpha value is -0.970. The highest BCUT2D eigenvalue weighted by atomic mass is 35.5. The number of rotatable bonds is 3. The van der Waals surface area contributed by atoms with Crippen LogP contribution in [-0.4, -0.2) is 43.8 Å². The van der Waals surface area contributed by atoms with E-state index in [0.717, 1.165) is 24.3 Å². The molecule has 3 aliphatic heterocycles. The summed E-state index contributed by atoms with van der Waals surface area (Å²) in [4.78, 5) is 2.53. The molecule has 1 atom stereocenters. The van der Waals surface area contributed by atoms with Crippen molar-refractivity contribution in [3.63, 3.8) is 0 Å². The minimum absolute atomic E-state index is 0.578. The second kappa shape index (κ2) is 6.88. The molecular weight excluding hydrogens is 312 g/mol. The SMILES string of the molecule is Clc1cc(CN2CCC(C3CCCN3)CC2)cc2c1OCCO2. The van der Waals surface area contributed by atoms with Crippen molar-refractivity contribution in [2.75, 3.05) is 32.8 Å². The van der Waals surface area contributed by atoms with Crippen LogP contribution >= 0.6 is 11.6 Å². The summed E-state index contributed by atoms with van der Waals surface area (Å²) in [6.07, 6.45) is 5.31. The van der Waals surface area contributed by atoms with E-state index in [1.807, 2.05) is 6.07 Å². The smallest absolute Gasteiger partial charge is 0.179 e. The number of nitrogens with one attached hydrogen (secondary N) is 1. The van der Waals surface area contributed by atoms with Gasteiger partial charge in [-0.25, -0.2) is 0 Å². The van der Waals surface area contributed by atoms with Crippen LogP contribution in [0.3, 0.4) is 0 Å². The van der Waals surface area contributed by atoms with Gasteiger partial charge >= 0.3 is 0 Å². The Labute approximate surface area is 143 Å². The Kier molecular flexibility index (Phi) is 4.65. The van der Waals surface area contributed by atoms with Crippen molar-refractivity contribution < 1.29 is 9.47 Å². The Balaban J connectivity index is 1.36. The molecule has 4 nitrogen and oxygen atoms in total. The summed E-state index contributed by atoms with van der Waals surface area (Å²) < 4.78 is 11.3. The van der Waals surface area contributed by atoms with E-state index < -0.39 is 0 Å². The zero-order valence-electron chi connectivity index (χ0n) is 13.5. The number of hydrogen-bond acceptors (Lipinski definition) is 4. The van der Waals surface area contributed by atoms with Gasteiger partial charge in [-0.05, 0) is 68.9 Å². The van der Waals surface area contributed by atoms with E-state index in [-0.39, 0.29) is 0 Å². The first-order valence-corrected chi connectivity index (χ1v) is 9.21. The van der Waals surface area contributed by atoms with E-state index in [0.29, 0.717) is 24.0 Å². The molecule has 4 rings (SSSR count). The third kappa shape index (κ3) is 3.44. The highest BCUT2D eigenvalue weighted by Gasteiger charge is 2.28. The second-order valence-corrected chi connectivity index (χ2v) is 7.33. The molecule has 5 heteroatoms. The van der Waals surface area contributed by atoms with Crippen molar-refractivity contribution in [3.8, 4) is 11.5 Å². The number of fused-ring (bicyclic) bond motifs is 1. The predicted octanol–water partition coefficient (Wildman–Crippen LogP) is 3.08. The molecule has 0 spiro atoms. The number of piperidine rings is 1. The van der Waals surface area contributed by atoms with Crippen molar-refractivity contribution in [3.05, 3.63) is 22.7 Å². The van der Waals surface area contributed by atoms with E-state index >= 15 is 0 Å². The van der Waals surface area contributed by atoms with E-state index in [4.69, 9.17) is 21.1 Å². The highest BCUT2D eigenvalue weighted by Crippen LogP contribution is 2.38. The highest BCUT2D eigenvalue weighted by molar-refractivity contribution is 6.32. The van der Waals surface area contributed by atoms with Crippen LogP contribution in [0, 0.1) is 5.92 Å². The van der Waals surface area contributed by atoms with Gasteiger partial charge in [-0.2, -0.15) is 0 Å². The summed E-state index contributed by atoms with van der Waals surface area (Å²) in [6.45, 7) is 5.69. The lowest BCUT2D eigenvalue weighted by Crippen LogP contribution is -2.40. The molecule has 0 saturated carbocycles. The molecule has 1 aromatic rings. The van der Waals surface area contributed by atoms with Crippen LogP contribution in [0.25, 0.3) is 0 Å². The van der Waals surface area contributed by atoms with Gasteiger partial charge in [-0.15, -0.1) is 0 Å². The average molecular weight is 337 g/mol. The van der Waals surface area contributed by atoms with Gasteiger partial charge in [0.1, 0.15) is 13.2 Å². The maximum absolute atomic E-state index is 6.34. The normalized spacial score (nSPS) is 25.7. The van der Waals surface area contributed by atoms with Crippen LogP contribution in [-0.2, 0) is 6.54 Å². The lowest BCUT2D eigenvalue weighted by atomic mass is 9.88. The molecule has 0 amide bonds. The monoisotopic (exact) mass is 336 g/mol. The van der Waals surface area contributed by atoms with Crippen LogP contribution in [0.2, 0.25) is 5.02 Å². The third-order valence-corrected chi connectivity index (χ3v) is 5.64. The first-order valence-electron chi connectivity index (χ1n) is 8.83. The zero-order valence-corrected chi connectivity index (χ0v) is 14.3. The second-order valence-electron chi connectivity index (χ2n) is 6.92. The quantitative estimate of drug-likeness (QED) is 0.919. The first kappa shape index (κ1) is 15.6. The van der Waals surface area contributed by atoms with Crippen LogP contribution in [0.1, 0.15) is 31.2 Å². The maximum Gasteiger partial charge on any atom is 0.179 e. The molecule has 126 valence electrons. The molecule has 1 aromatic carbocycles. The average Bonchev–Trinajstić information content (AvgIpc) is 3.10. The predicted molar refractivity (Wildman–Crippen MR) is 91.5 cm³/mol. The summed E-state index contributed by atoms with van der Waals surface area (Å²) in [5.41, 5.74) is 1.22. The summed E-state index contributed by atoms with van der Waals surface area (Å²) in [6, 6.07) is 4.88. The Morgan fingerprint density at radius 3 is 2.74 bits per heavy atom. The fourth-order valence-corrected chi connectivity index (χ4v) is 4.43. The minimum Gasteiger partial charge on any atom is -0.486 e. The van der Waals surface area contributed by atoms with Gasteiger partial charge in [0.2, 0.25) is 0 Å². The molecule has 2 saturated heterocycles. The summed E-state index contributed by atoms with van der Waals surface area (Å²) in [5, 5.41) is 4.33. The summed E-state index contributed by atoms with van der Waals surface area (Å²) in [5.74, 6) is 2.36. The maximum atomic E-state index is 6.34. The fourth-order valence-electron chi connectivity index (χ4n) is 4.14. The van der Waals surface area contributed by atoms with Crippen molar-refractivity contribution >= 4 is 11.6 Å². The number of hydrogen-bond donors (Lipinski definition) is 1.